The van der Waals surface area contributed by atoms with Gasteiger partial charge in [0.05, 0.1) is 6.54 Å². The van der Waals surface area contributed by atoms with E-state index in [1.807, 2.05) is 13.1 Å². The fourth-order valence-corrected chi connectivity index (χ4v) is 2.06. The van der Waals surface area contributed by atoms with E-state index in [9.17, 15) is 4.79 Å². The van der Waals surface area contributed by atoms with E-state index in [2.05, 4.69) is 30.4 Å². The number of rotatable bonds is 4. The summed E-state index contributed by atoms with van der Waals surface area (Å²) in [7, 11) is 1.91. The molecule has 0 radical (unpaired) electrons. The van der Waals surface area contributed by atoms with Crippen LogP contribution in [0.2, 0.25) is 0 Å². The van der Waals surface area contributed by atoms with Gasteiger partial charge in [0.25, 0.3) is 0 Å². The van der Waals surface area contributed by atoms with Crippen molar-refractivity contribution in [3.05, 3.63) is 35.4 Å². The van der Waals surface area contributed by atoms with Crippen LogP contribution < -0.4 is 5.32 Å². The van der Waals surface area contributed by atoms with Gasteiger partial charge in [-0.25, -0.2) is 4.79 Å². The number of nitrogens with zero attached hydrogens (tertiary/aromatic N) is 1. The maximum absolute atomic E-state index is 11.4. The molecule has 1 heterocycles. The summed E-state index contributed by atoms with van der Waals surface area (Å²) in [5.74, 6) is 0. The van der Waals surface area contributed by atoms with Gasteiger partial charge in [-0.3, -0.25) is 0 Å². The van der Waals surface area contributed by atoms with E-state index < -0.39 is 0 Å². The van der Waals surface area contributed by atoms with Gasteiger partial charge < -0.3 is 15.0 Å². The van der Waals surface area contributed by atoms with Crippen LogP contribution in [0.5, 0.6) is 0 Å². The largest absolute Gasteiger partial charge is 0.448 e. The highest BCUT2D eigenvalue weighted by Gasteiger charge is 2.25. The lowest BCUT2D eigenvalue weighted by Gasteiger charge is -2.22. The number of hydrogen-bond donors (Lipinski definition) is 1. The van der Waals surface area contributed by atoms with Crippen LogP contribution in [0.25, 0.3) is 0 Å². The van der Waals surface area contributed by atoms with E-state index in [0.29, 0.717) is 19.7 Å². The molecule has 1 aliphatic rings. The number of benzene rings is 1. The number of likely N-dealkylation sites (N-methyl/N-ethyl adjacent to an activating group) is 1. The number of aryl methyl sites for hydroxylation is 1. The molecule has 0 aromatic heterocycles. The lowest BCUT2D eigenvalue weighted by Crippen LogP contribution is -2.34. The Bertz CT molecular complexity index is 406. The molecule has 1 aliphatic heterocycles. The molecule has 4 nitrogen and oxygen atoms in total. The van der Waals surface area contributed by atoms with Gasteiger partial charge in [0, 0.05) is 12.6 Å². The van der Waals surface area contributed by atoms with Crippen LogP contribution in [0.3, 0.4) is 0 Å². The summed E-state index contributed by atoms with van der Waals surface area (Å²) < 4.78 is 4.93. The van der Waals surface area contributed by atoms with E-state index in [1.54, 1.807) is 4.90 Å². The lowest BCUT2D eigenvalue weighted by molar-refractivity contribution is 0.156. The van der Waals surface area contributed by atoms with Crippen molar-refractivity contribution in [1.29, 1.82) is 0 Å². The van der Waals surface area contributed by atoms with Crippen LogP contribution in [0.1, 0.15) is 17.2 Å². The van der Waals surface area contributed by atoms with Crippen LogP contribution in [-0.4, -0.2) is 37.7 Å². The summed E-state index contributed by atoms with van der Waals surface area (Å²) in [6.07, 6.45) is -0.210. The molecule has 17 heavy (non-hydrogen) atoms. The first kappa shape index (κ1) is 11.9. The van der Waals surface area contributed by atoms with Gasteiger partial charge >= 0.3 is 6.09 Å². The van der Waals surface area contributed by atoms with Gasteiger partial charge in [-0.2, -0.15) is 0 Å². The predicted molar refractivity (Wildman–Crippen MR) is 65.9 cm³/mol. The molecular formula is C13H18N2O2. The molecule has 92 valence electrons. The summed E-state index contributed by atoms with van der Waals surface area (Å²) in [5.41, 5.74) is 2.43. The minimum Gasteiger partial charge on any atom is -0.448 e. The second-order valence-electron chi connectivity index (χ2n) is 4.32. The zero-order chi connectivity index (χ0) is 12.3. The third kappa shape index (κ3) is 2.77. The molecular weight excluding hydrogens is 216 g/mol. The first-order valence-corrected chi connectivity index (χ1v) is 5.86. The normalized spacial score (nSPS) is 17.1. The van der Waals surface area contributed by atoms with Crippen LogP contribution >= 0.6 is 0 Å². The number of cyclic esters (lactones) is 1. The van der Waals surface area contributed by atoms with Crippen molar-refractivity contribution in [2.45, 2.75) is 13.0 Å². The van der Waals surface area contributed by atoms with E-state index in [-0.39, 0.29) is 12.1 Å². The first-order valence-electron chi connectivity index (χ1n) is 5.86. The van der Waals surface area contributed by atoms with Crippen LogP contribution in [0.4, 0.5) is 4.79 Å². The van der Waals surface area contributed by atoms with Crippen molar-refractivity contribution in [3.8, 4) is 0 Å². The first-order chi connectivity index (χ1) is 8.20. The summed E-state index contributed by atoms with van der Waals surface area (Å²) in [6, 6.07) is 8.48. The molecule has 0 bridgehead atoms. The summed E-state index contributed by atoms with van der Waals surface area (Å²) in [5, 5.41) is 3.24. The summed E-state index contributed by atoms with van der Waals surface area (Å²) in [6.45, 7) is 3.91. The Hall–Kier alpha value is -1.55. The highest BCUT2D eigenvalue weighted by atomic mass is 16.6. The monoisotopic (exact) mass is 234 g/mol. The average molecular weight is 234 g/mol. The maximum Gasteiger partial charge on any atom is 0.410 e. The minimum atomic E-state index is -0.210. The standard InChI is InChI=1S/C13H18N2O2/c1-10-4-3-5-11(8-10)12(14-2)9-15-6-7-17-13(15)16/h3-5,8,12,14H,6-7,9H2,1-2H3. The lowest BCUT2D eigenvalue weighted by atomic mass is 10.0. The molecule has 1 atom stereocenters. The SMILES string of the molecule is CNC(CN1CCOC1=O)c1cccc(C)c1. The Morgan fingerprint density at radius 2 is 2.35 bits per heavy atom. The Morgan fingerprint density at radius 3 is 2.94 bits per heavy atom. The molecule has 4 heteroatoms. The van der Waals surface area contributed by atoms with Crippen molar-refractivity contribution < 1.29 is 9.53 Å². The van der Waals surface area contributed by atoms with Crippen LogP contribution in [0.15, 0.2) is 24.3 Å². The van der Waals surface area contributed by atoms with Gasteiger partial charge in [0.2, 0.25) is 0 Å². The Morgan fingerprint density at radius 1 is 1.53 bits per heavy atom. The quantitative estimate of drug-likeness (QED) is 0.862. The molecule has 0 spiro atoms. The number of nitrogens with one attached hydrogen (secondary N) is 1. The maximum atomic E-state index is 11.4. The molecule has 1 unspecified atom stereocenters. The molecule has 1 aromatic carbocycles. The molecule has 1 fully saturated rings. The van der Waals surface area contributed by atoms with Gasteiger partial charge in [-0.05, 0) is 19.5 Å². The van der Waals surface area contributed by atoms with E-state index in [0.717, 1.165) is 0 Å². The Balaban J connectivity index is 2.08. The molecule has 1 N–H and O–H groups in total. The molecule has 1 amide bonds. The van der Waals surface area contributed by atoms with Crippen molar-refractivity contribution in [3.63, 3.8) is 0 Å². The van der Waals surface area contributed by atoms with Gasteiger partial charge in [0.1, 0.15) is 6.61 Å². The molecule has 2 rings (SSSR count). The number of amides is 1. The van der Waals surface area contributed by atoms with E-state index in [1.165, 1.54) is 11.1 Å². The fraction of sp³-hybridized carbons (Fsp3) is 0.462. The zero-order valence-electron chi connectivity index (χ0n) is 10.3. The highest BCUT2D eigenvalue weighted by molar-refractivity contribution is 5.69. The third-order valence-electron chi connectivity index (χ3n) is 3.04. The van der Waals surface area contributed by atoms with Gasteiger partial charge in [-0.1, -0.05) is 29.8 Å². The number of carbonyl (C=O) groups is 1. The topological polar surface area (TPSA) is 41.6 Å². The highest BCUT2D eigenvalue weighted by Crippen LogP contribution is 2.17. The number of ether oxygens (including phenoxy) is 1. The summed E-state index contributed by atoms with van der Waals surface area (Å²) in [4.78, 5) is 13.1. The van der Waals surface area contributed by atoms with Crippen molar-refractivity contribution in [2.24, 2.45) is 0 Å². The smallest absolute Gasteiger partial charge is 0.410 e. The number of carbonyl (C=O) groups excluding carboxylic acids is 1. The van der Waals surface area contributed by atoms with Crippen molar-refractivity contribution in [1.82, 2.24) is 10.2 Å². The Kier molecular flexibility index (Phi) is 3.64. The zero-order valence-corrected chi connectivity index (χ0v) is 10.3. The minimum absolute atomic E-state index is 0.153. The molecule has 1 saturated heterocycles. The van der Waals surface area contributed by atoms with Crippen molar-refractivity contribution >= 4 is 6.09 Å². The predicted octanol–water partition coefficient (Wildman–Crippen LogP) is 1.71. The summed E-state index contributed by atoms with van der Waals surface area (Å²) >= 11 is 0. The molecule has 0 saturated carbocycles. The fourth-order valence-electron chi connectivity index (χ4n) is 2.06. The van der Waals surface area contributed by atoms with Gasteiger partial charge in [-0.15, -0.1) is 0 Å². The average Bonchev–Trinajstić information content (AvgIpc) is 2.71. The van der Waals surface area contributed by atoms with Crippen LogP contribution in [-0.2, 0) is 4.74 Å². The number of hydrogen-bond acceptors (Lipinski definition) is 3. The van der Waals surface area contributed by atoms with Crippen LogP contribution in [0, 0.1) is 6.92 Å². The molecule has 0 aliphatic carbocycles. The molecule has 1 aromatic rings. The van der Waals surface area contributed by atoms with E-state index in [4.69, 9.17) is 4.74 Å². The second-order valence-corrected chi connectivity index (χ2v) is 4.32. The van der Waals surface area contributed by atoms with Crippen molar-refractivity contribution in [2.75, 3.05) is 26.7 Å². The van der Waals surface area contributed by atoms with E-state index >= 15 is 0 Å². The Labute approximate surface area is 102 Å². The van der Waals surface area contributed by atoms with Gasteiger partial charge in [0.15, 0.2) is 0 Å². The third-order valence-corrected chi connectivity index (χ3v) is 3.04. The second kappa shape index (κ2) is 5.19.